The molecule has 0 unspecified atom stereocenters. The van der Waals surface area contributed by atoms with Gasteiger partial charge in [-0.15, -0.1) is 0 Å². The SMILES string of the molecule is O=C(N[C@H]1CCCc2ccccc21)c1cc(F)c(Cl)cc1Cl. The van der Waals surface area contributed by atoms with Gasteiger partial charge in [0.1, 0.15) is 5.82 Å². The molecule has 0 saturated heterocycles. The summed E-state index contributed by atoms with van der Waals surface area (Å²) in [6.07, 6.45) is 2.87. The van der Waals surface area contributed by atoms with Crippen molar-refractivity contribution >= 4 is 29.1 Å². The van der Waals surface area contributed by atoms with Crippen LogP contribution in [-0.4, -0.2) is 5.91 Å². The summed E-state index contributed by atoms with van der Waals surface area (Å²) in [7, 11) is 0. The zero-order valence-corrected chi connectivity index (χ0v) is 13.2. The lowest BCUT2D eigenvalue weighted by Crippen LogP contribution is -2.31. The molecule has 114 valence electrons. The van der Waals surface area contributed by atoms with Gasteiger partial charge in [-0.25, -0.2) is 4.39 Å². The van der Waals surface area contributed by atoms with Gasteiger partial charge in [0.15, 0.2) is 0 Å². The molecule has 2 aromatic rings. The fourth-order valence-corrected chi connectivity index (χ4v) is 3.31. The van der Waals surface area contributed by atoms with E-state index >= 15 is 0 Å². The molecule has 0 bridgehead atoms. The van der Waals surface area contributed by atoms with Crippen LogP contribution in [0, 0.1) is 5.82 Å². The van der Waals surface area contributed by atoms with Crippen LogP contribution in [0.2, 0.25) is 10.0 Å². The molecule has 2 nitrogen and oxygen atoms in total. The molecule has 1 aliphatic rings. The summed E-state index contributed by atoms with van der Waals surface area (Å²) < 4.78 is 13.6. The van der Waals surface area contributed by atoms with Crippen LogP contribution in [-0.2, 0) is 6.42 Å². The average molecular weight is 338 g/mol. The molecule has 1 N–H and O–H groups in total. The molecule has 0 aromatic heterocycles. The number of carbonyl (C=O) groups is 1. The Morgan fingerprint density at radius 1 is 1.18 bits per heavy atom. The fourth-order valence-electron chi connectivity index (χ4n) is 2.84. The lowest BCUT2D eigenvalue weighted by molar-refractivity contribution is 0.0932. The van der Waals surface area contributed by atoms with Crippen molar-refractivity contribution in [2.45, 2.75) is 25.3 Å². The maximum Gasteiger partial charge on any atom is 0.253 e. The monoisotopic (exact) mass is 337 g/mol. The van der Waals surface area contributed by atoms with Gasteiger partial charge in [0.2, 0.25) is 0 Å². The first-order chi connectivity index (χ1) is 10.6. The zero-order chi connectivity index (χ0) is 15.7. The van der Waals surface area contributed by atoms with Gasteiger partial charge in [0.25, 0.3) is 5.91 Å². The van der Waals surface area contributed by atoms with Gasteiger partial charge >= 0.3 is 0 Å². The number of nitrogens with one attached hydrogen (secondary N) is 1. The molecular weight excluding hydrogens is 324 g/mol. The van der Waals surface area contributed by atoms with Crippen LogP contribution in [0.3, 0.4) is 0 Å². The lowest BCUT2D eigenvalue weighted by atomic mass is 9.87. The Morgan fingerprint density at radius 3 is 2.77 bits per heavy atom. The van der Waals surface area contributed by atoms with E-state index in [1.165, 1.54) is 11.6 Å². The molecule has 0 heterocycles. The van der Waals surface area contributed by atoms with E-state index in [9.17, 15) is 9.18 Å². The number of hydrogen-bond acceptors (Lipinski definition) is 1. The molecule has 1 amide bonds. The number of halogens is 3. The maximum absolute atomic E-state index is 13.6. The Hall–Kier alpha value is -1.58. The third-order valence-electron chi connectivity index (χ3n) is 3.93. The van der Waals surface area contributed by atoms with Crippen LogP contribution in [0.15, 0.2) is 36.4 Å². The third kappa shape index (κ3) is 2.96. The van der Waals surface area contributed by atoms with Crippen molar-refractivity contribution in [1.29, 1.82) is 0 Å². The van der Waals surface area contributed by atoms with Crippen molar-refractivity contribution in [2.75, 3.05) is 0 Å². The van der Waals surface area contributed by atoms with Gasteiger partial charge in [0.05, 0.1) is 21.7 Å². The van der Waals surface area contributed by atoms with Crippen molar-refractivity contribution in [1.82, 2.24) is 5.32 Å². The Bertz CT molecular complexity index is 733. The third-order valence-corrected chi connectivity index (χ3v) is 4.53. The van der Waals surface area contributed by atoms with Crippen LogP contribution in [0.25, 0.3) is 0 Å². The standard InChI is InChI=1S/C17H14Cl2FNO/c18-13-9-14(19)15(20)8-12(13)17(22)21-16-7-3-5-10-4-1-2-6-11(10)16/h1-2,4,6,8-9,16H,3,5,7H2,(H,21,22)/t16-/m0/s1. The molecule has 22 heavy (non-hydrogen) atoms. The minimum Gasteiger partial charge on any atom is -0.345 e. The summed E-state index contributed by atoms with van der Waals surface area (Å²) in [5, 5.41) is 3.00. The summed E-state index contributed by atoms with van der Waals surface area (Å²) in [6.45, 7) is 0. The number of aryl methyl sites for hydroxylation is 1. The predicted molar refractivity (Wildman–Crippen MR) is 86.0 cm³/mol. The van der Waals surface area contributed by atoms with E-state index in [0.717, 1.165) is 30.9 Å². The summed E-state index contributed by atoms with van der Waals surface area (Å²) in [4.78, 5) is 12.4. The summed E-state index contributed by atoms with van der Waals surface area (Å²) in [5.74, 6) is -1.04. The summed E-state index contributed by atoms with van der Waals surface area (Å²) >= 11 is 11.7. The van der Waals surface area contributed by atoms with Crippen molar-refractivity contribution in [3.05, 3.63) is 69.0 Å². The molecule has 1 aliphatic carbocycles. The topological polar surface area (TPSA) is 29.1 Å². The quantitative estimate of drug-likeness (QED) is 0.772. The van der Waals surface area contributed by atoms with Gasteiger partial charge in [-0.05, 0) is 42.5 Å². The van der Waals surface area contributed by atoms with Gasteiger partial charge in [-0.3, -0.25) is 4.79 Å². The van der Waals surface area contributed by atoms with E-state index in [4.69, 9.17) is 23.2 Å². The Balaban J connectivity index is 1.85. The molecular formula is C17H14Cl2FNO. The smallest absolute Gasteiger partial charge is 0.253 e. The normalized spacial score (nSPS) is 17.0. The zero-order valence-electron chi connectivity index (χ0n) is 11.7. The molecule has 0 saturated carbocycles. The Labute approximate surface area is 138 Å². The minimum atomic E-state index is -0.653. The number of carbonyl (C=O) groups excluding carboxylic acids is 1. The molecule has 0 radical (unpaired) electrons. The van der Waals surface area contributed by atoms with Crippen LogP contribution in [0.5, 0.6) is 0 Å². The van der Waals surface area contributed by atoms with Crippen molar-refractivity contribution in [3.8, 4) is 0 Å². The summed E-state index contributed by atoms with van der Waals surface area (Å²) in [6, 6.07) is 10.3. The number of amides is 1. The first-order valence-corrected chi connectivity index (χ1v) is 7.85. The van der Waals surface area contributed by atoms with E-state index in [-0.39, 0.29) is 27.6 Å². The number of rotatable bonds is 2. The highest BCUT2D eigenvalue weighted by Gasteiger charge is 2.23. The van der Waals surface area contributed by atoms with E-state index in [1.54, 1.807) is 0 Å². The van der Waals surface area contributed by atoms with Gasteiger partial charge < -0.3 is 5.32 Å². The second kappa shape index (κ2) is 6.27. The molecule has 0 fully saturated rings. The van der Waals surface area contributed by atoms with Crippen LogP contribution in [0.4, 0.5) is 4.39 Å². The lowest BCUT2D eigenvalue weighted by Gasteiger charge is -2.26. The minimum absolute atomic E-state index is 0.0766. The first-order valence-electron chi connectivity index (χ1n) is 7.09. The highest BCUT2D eigenvalue weighted by atomic mass is 35.5. The molecule has 0 aliphatic heterocycles. The second-order valence-electron chi connectivity index (χ2n) is 5.36. The largest absolute Gasteiger partial charge is 0.345 e. The highest BCUT2D eigenvalue weighted by Crippen LogP contribution is 2.30. The predicted octanol–water partition coefficient (Wildman–Crippen LogP) is 4.94. The van der Waals surface area contributed by atoms with Gasteiger partial charge in [-0.1, -0.05) is 47.5 Å². The Kier molecular flexibility index (Phi) is 4.37. The highest BCUT2D eigenvalue weighted by molar-refractivity contribution is 6.36. The number of fused-ring (bicyclic) bond motifs is 1. The molecule has 5 heteroatoms. The van der Waals surface area contributed by atoms with Gasteiger partial charge in [0, 0.05) is 0 Å². The summed E-state index contributed by atoms with van der Waals surface area (Å²) in [5.41, 5.74) is 2.46. The van der Waals surface area contributed by atoms with E-state index in [0.29, 0.717) is 0 Å². The molecule has 1 atom stereocenters. The van der Waals surface area contributed by atoms with E-state index < -0.39 is 5.82 Å². The van der Waals surface area contributed by atoms with E-state index in [1.807, 2.05) is 18.2 Å². The van der Waals surface area contributed by atoms with Crippen molar-refractivity contribution in [3.63, 3.8) is 0 Å². The molecule has 0 spiro atoms. The molecule has 3 rings (SSSR count). The fraction of sp³-hybridized carbons (Fsp3) is 0.235. The van der Waals surface area contributed by atoms with Crippen LogP contribution in [0.1, 0.15) is 40.4 Å². The van der Waals surface area contributed by atoms with Crippen molar-refractivity contribution < 1.29 is 9.18 Å². The van der Waals surface area contributed by atoms with Crippen LogP contribution >= 0.6 is 23.2 Å². The Morgan fingerprint density at radius 2 is 1.95 bits per heavy atom. The number of hydrogen-bond donors (Lipinski definition) is 1. The number of benzene rings is 2. The van der Waals surface area contributed by atoms with E-state index in [2.05, 4.69) is 11.4 Å². The second-order valence-corrected chi connectivity index (χ2v) is 6.18. The van der Waals surface area contributed by atoms with Crippen LogP contribution < -0.4 is 5.32 Å². The molecule has 2 aromatic carbocycles. The average Bonchev–Trinajstić information content (AvgIpc) is 2.51. The first kappa shape index (κ1) is 15.3. The maximum atomic E-state index is 13.6. The van der Waals surface area contributed by atoms with Crippen molar-refractivity contribution in [2.24, 2.45) is 0 Å². The van der Waals surface area contributed by atoms with Gasteiger partial charge in [-0.2, -0.15) is 0 Å².